The third-order valence-electron chi connectivity index (χ3n) is 7.18. The number of carbonyl (C=O) groups is 2. The number of hydrogen-bond donors (Lipinski definition) is 2. The van der Waals surface area contributed by atoms with Crippen molar-refractivity contribution in [3.63, 3.8) is 0 Å². The minimum Gasteiger partial charge on any atom is -0.493 e. The van der Waals surface area contributed by atoms with E-state index in [1.165, 1.54) is 44.4 Å². The van der Waals surface area contributed by atoms with Gasteiger partial charge in [0.2, 0.25) is 11.7 Å². The minimum atomic E-state index is -0.431. The van der Waals surface area contributed by atoms with E-state index in [4.69, 9.17) is 24.7 Å². The van der Waals surface area contributed by atoms with Crippen LogP contribution >= 0.6 is 23.1 Å². The first-order valence-corrected chi connectivity index (χ1v) is 15.7. The largest absolute Gasteiger partial charge is 0.493 e. The molecule has 1 aromatic carbocycles. The number of amides is 1. The van der Waals surface area contributed by atoms with E-state index in [0.29, 0.717) is 39.3 Å². The number of benzene rings is 1. The van der Waals surface area contributed by atoms with Crippen LogP contribution in [0.1, 0.15) is 58.6 Å². The lowest BCUT2D eigenvalue weighted by Gasteiger charge is -2.18. The normalized spacial score (nSPS) is 13.7. The maximum absolute atomic E-state index is 13.1. The van der Waals surface area contributed by atoms with Gasteiger partial charge in [-0.05, 0) is 55.4 Å². The maximum atomic E-state index is 13.1. The van der Waals surface area contributed by atoms with Crippen LogP contribution in [0.2, 0.25) is 0 Å². The highest BCUT2D eigenvalue weighted by atomic mass is 32.2. The van der Waals surface area contributed by atoms with Gasteiger partial charge in [-0.2, -0.15) is 10.5 Å². The monoisotopic (exact) mass is 635 g/mol. The summed E-state index contributed by atoms with van der Waals surface area (Å²) in [5, 5.41) is 23.8. The lowest BCUT2D eigenvalue weighted by molar-refractivity contribution is -0.115. The first kappa shape index (κ1) is 32.5. The van der Waals surface area contributed by atoms with E-state index in [9.17, 15) is 20.1 Å². The molecule has 230 valence electrons. The van der Waals surface area contributed by atoms with Gasteiger partial charge in [0.15, 0.2) is 11.5 Å². The van der Waals surface area contributed by atoms with Crippen LogP contribution in [-0.2, 0) is 22.4 Å². The number of nitriles is 2. The molecule has 2 aromatic heterocycles. The molecule has 1 unspecified atom stereocenters. The summed E-state index contributed by atoms with van der Waals surface area (Å²) in [7, 11) is 4.40. The van der Waals surface area contributed by atoms with Crippen molar-refractivity contribution in [2.45, 2.75) is 44.6 Å². The van der Waals surface area contributed by atoms with Crippen molar-refractivity contribution in [1.82, 2.24) is 4.98 Å². The van der Waals surface area contributed by atoms with Gasteiger partial charge >= 0.3 is 5.97 Å². The van der Waals surface area contributed by atoms with Crippen molar-refractivity contribution in [2.24, 2.45) is 5.92 Å². The Hall–Kier alpha value is -4.46. The highest BCUT2D eigenvalue weighted by molar-refractivity contribution is 7.99. The molecule has 0 saturated heterocycles. The van der Waals surface area contributed by atoms with Gasteiger partial charge in [-0.15, -0.1) is 23.1 Å². The molecule has 2 heterocycles. The second-order valence-electron chi connectivity index (χ2n) is 9.99. The lowest BCUT2D eigenvalue weighted by atomic mass is 9.88. The van der Waals surface area contributed by atoms with E-state index in [-0.39, 0.29) is 52.2 Å². The number of ether oxygens (including phenoxy) is 4. The molecule has 44 heavy (non-hydrogen) atoms. The zero-order valence-electron chi connectivity index (χ0n) is 25.2. The Morgan fingerprint density at radius 1 is 1.14 bits per heavy atom. The van der Waals surface area contributed by atoms with Gasteiger partial charge in [0.25, 0.3) is 0 Å². The number of esters is 1. The number of rotatable bonds is 11. The van der Waals surface area contributed by atoms with Crippen molar-refractivity contribution in [3.8, 4) is 40.5 Å². The molecule has 0 spiro atoms. The number of hydrogen-bond acceptors (Lipinski definition) is 12. The summed E-state index contributed by atoms with van der Waals surface area (Å²) in [6.45, 7) is 4.17. The first-order valence-electron chi connectivity index (χ1n) is 13.9. The Bertz CT molecular complexity index is 1650. The Balaban J connectivity index is 1.60. The summed E-state index contributed by atoms with van der Waals surface area (Å²) in [4.78, 5) is 31.3. The number of anilines is 2. The van der Waals surface area contributed by atoms with Gasteiger partial charge in [-0.3, -0.25) is 4.79 Å². The fraction of sp³-hybridized carbons (Fsp3) is 0.387. The molecule has 0 saturated carbocycles. The number of nitrogens with one attached hydrogen (secondary N) is 1. The fourth-order valence-electron chi connectivity index (χ4n) is 5.10. The molecule has 1 aliphatic carbocycles. The van der Waals surface area contributed by atoms with E-state index in [2.05, 4.69) is 29.4 Å². The molecule has 3 aromatic rings. The van der Waals surface area contributed by atoms with E-state index in [1.807, 2.05) is 0 Å². The molecule has 0 radical (unpaired) electrons. The van der Waals surface area contributed by atoms with Gasteiger partial charge in [0, 0.05) is 22.6 Å². The quantitative estimate of drug-likeness (QED) is 0.199. The Kier molecular flexibility index (Phi) is 10.6. The average Bonchev–Trinajstić information content (AvgIpc) is 3.36. The van der Waals surface area contributed by atoms with Crippen LogP contribution in [0, 0.1) is 28.6 Å². The lowest BCUT2D eigenvalue weighted by Crippen LogP contribution is -2.17. The molecular weight excluding hydrogens is 603 g/mol. The number of carbonyl (C=O) groups excluding carboxylic acids is 2. The predicted octanol–water partition coefficient (Wildman–Crippen LogP) is 5.58. The third-order valence-corrected chi connectivity index (χ3v) is 9.33. The Morgan fingerprint density at radius 2 is 1.82 bits per heavy atom. The first-order chi connectivity index (χ1) is 21.2. The molecule has 0 fully saturated rings. The smallest absolute Gasteiger partial charge is 0.341 e. The number of nitrogens with zero attached hydrogens (tertiary/aromatic N) is 3. The minimum absolute atomic E-state index is 0.0281. The molecule has 1 amide bonds. The third kappa shape index (κ3) is 6.54. The van der Waals surface area contributed by atoms with E-state index in [0.717, 1.165) is 29.7 Å². The molecule has 11 nitrogen and oxygen atoms in total. The zero-order chi connectivity index (χ0) is 32.0. The summed E-state index contributed by atoms with van der Waals surface area (Å²) in [6.07, 6.45) is 2.66. The van der Waals surface area contributed by atoms with Crippen LogP contribution in [0.15, 0.2) is 17.2 Å². The number of aromatic nitrogens is 1. The molecule has 13 heteroatoms. The van der Waals surface area contributed by atoms with Crippen molar-refractivity contribution in [2.75, 3.05) is 44.7 Å². The molecular formula is C31H33N5O6S2. The summed E-state index contributed by atoms with van der Waals surface area (Å²) in [5.74, 6) is 1.00. The molecule has 3 N–H and O–H groups in total. The van der Waals surface area contributed by atoms with E-state index in [1.54, 1.807) is 19.1 Å². The predicted molar refractivity (Wildman–Crippen MR) is 169 cm³/mol. The molecule has 4 rings (SSSR count). The SMILES string of the molecule is CCOC(=O)c1c(NC(=O)CCSc2nc(N)c(C#N)c(-c3cc(OC)c(OC)c(OC)c3)c2C#N)sc2c1CCC(C)C2. The maximum Gasteiger partial charge on any atom is 0.341 e. The summed E-state index contributed by atoms with van der Waals surface area (Å²) in [6, 6.07) is 7.47. The van der Waals surface area contributed by atoms with E-state index < -0.39 is 5.97 Å². The summed E-state index contributed by atoms with van der Waals surface area (Å²) < 4.78 is 21.6. The van der Waals surface area contributed by atoms with Crippen LogP contribution in [0.25, 0.3) is 11.1 Å². The Morgan fingerprint density at radius 3 is 2.41 bits per heavy atom. The second kappa shape index (κ2) is 14.3. The number of fused-ring (bicyclic) bond motifs is 1. The van der Waals surface area contributed by atoms with Crippen molar-refractivity contribution >= 4 is 45.8 Å². The zero-order valence-corrected chi connectivity index (χ0v) is 26.8. The highest BCUT2D eigenvalue weighted by Gasteiger charge is 2.29. The standard InChI is InChI=1S/C31H33N5O6S2/c1-6-42-31(38)26-18-8-7-16(2)11-23(18)44-30(26)35-24(37)9-10-43-29-20(15-33)25(19(14-32)28(34)36-29)17-12-21(39-3)27(41-5)22(13-17)40-4/h12-13,16H,6-11H2,1-5H3,(H2,34,36)(H,35,37). The van der Waals surface area contributed by atoms with Gasteiger partial charge in [-0.1, -0.05) is 6.92 Å². The topological polar surface area (TPSA) is 170 Å². The number of nitrogens with two attached hydrogens (primary N) is 1. The van der Waals surface area contributed by atoms with Crippen molar-refractivity contribution < 1.29 is 28.5 Å². The molecule has 1 aliphatic rings. The molecule has 0 aliphatic heterocycles. The summed E-state index contributed by atoms with van der Waals surface area (Å²) in [5.41, 5.74) is 8.47. The van der Waals surface area contributed by atoms with Crippen LogP contribution in [-0.4, -0.2) is 50.5 Å². The molecule has 0 bridgehead atoms. The molecule has 1 atom stereocenters. The van der Waals surface area contributed by atoms with Gasteiger partial charge in [-0.25, -0.2) is 9.78 Å². The number of thioether (sulfide) groups is 1. The van der Waals surface area contributed by atoms with Gasteiger partial charge in [0.1, 0.15) is 33.5 Å². The Labute approximate surface area is 264 Å². The number of methoxy groups -OCH3 is 3. The van der Waals surface area contributed by atoms with Crippen molar-refractivity contribution in [1.29, 1.82) is 10.5 Å². The number of nitrogen functional groups attached to an aromatic ring is 1. The van der Waals surface area contributed by atoms with Crippen LogP contribution in [0.3, 0.4) is 0 Å². The van der Waals surface area contributed by atoms with Crippen LogP contribution in [0.4, 0.5) is 10.8 Å². The fourth-order valence-corrected chi connectivity index (χ4v) is 7.46. The van der Waals surface area contributed by atoms with Crippen LogP contribution in [0.5, 0.6) is 17.2 Å². The van der Waals surface area contributed by atoms with E-state index >= 15 is 0 Å². The van der Waals surface area contributed by atoms with Crippen LogP contribution < -0.4 is 25.3 Å². The van der Waals surface area contributed by atoms with Gasteiger partial charge in [0.05, 0.1) is 39.1 Å². The number of pyridine rings is 1. The average molecular weight is 636 g/mol. The summed E-state index contributed by atoms with van der Waals surface area (Å²) >= 11 is 2.59. The number of thiophene rings is 1. The second-order valence-corrected chi connectivity index (χ2v) is 12.2. The van der Waals surface area contributed by atoms with Gasteiger partial charge < -0.3 is 30.0 Å². The highest BCUT2D eigenvalue weighted by Crippen LogP contribution is 2.45. The van der Waals surface area contributed by atoms with Crippen molar-refractivity contribution in [3.05, 3.63) is 39.3 Å².